The molecule has 0 fully saturated rings. The van der Waals surface area contributed by atoms with Crippen LogP contribution in [-0.4, -0.2) is 24.3 Å². The van der Waals surface area contributed by atoms with Gasteiger partial charge < -0.3 is 9.84 Å². The molecule has 1 N–H and O–H groups in total. The van der Waals surface area contributed by atoms with Gasteiger partial charge in [-0.25, -0.2) is 0 Å². The molecule has 0 atom stereocenters. The van der Waals surface area contributed by atoms with Crippen molar-refractivity contribution < 1.29 is 14.6 Å². The molecule has 0 radical (unpaired) electrons. The van der Waals surface area contributed by atoms with Gasteiger partial charge in [-0.15, -0.1) is 0 Å². The molecule has 0 aliphatic rings. The predicted molar refractivity (Wildman–Crippen MR) is 56.0 cm³/mol. The zero-order valence-electron chi connectivity index (χ0n) is 9.13. The van der Waals surface area contributed by atoms with Crippen molar-refractivity contribution in [3.63, 3.8) is 0 Å². The van der Waals surface area contributed by atoms with Crippen LogP contribution in [0.3, 0.4) is 0 Å². The number of hydrogen-bond acceptors (Lipinski definition) is 3. The van der Waals surface area contributed by atoms with Crippen LogP contribution in [0.2, 0.25) is 0 Å². The Hall–Kier alpha value is -0.570. The summed E-state index contributed by atoms with van der Waals surface area (Å²) >= 11 is 0. The Morgan fingerprint density at radius 3 is 2.21 bits per heavy atom. The van der Waals surface area contributed by atoms with Crippen LogP contribution in [0.1, 0.15) is 51.9 Å². The molecule has 0 saturated carbocycles. The molecule has 0 aromatic rings. The molecule has 0 heterocycles. The second kappa shape index (κ2) is 10.5. The van der Waals surface area contributed by atoms with Crippen molar-refractivity contribution in [1.29, 1.82) is 0 Å². The van der Waals surface area contributed by atoms with Crippen molar-refractivity contribution in [2.45, 2.75) is 51.9 Å². The molecule has 0 aliphatic heterocycles. The third-order valence-electron chi connectivity index (χ3n) is 2.09. The van der Waals surface area contributed by atoms with Crippen molar-refractivity contribution in [2.24, 2.45) is 0 Å². The Morgan fingerprint density at radius 1 is 1.07 bits per heavy atom. The topological polar surface area (TPSA) is 46.5 Å². The van der Waals surface area contributed by atoms with E-state index in [1.165, 1.54) is 0 Å². The summed E-state index contributed by atoms with van der Waals surface area (Å²) < 4.78 is 4.81. The lowest BCUT2D eigenvalue weighted by atomic mass is 10.1. The molecule has 14 heavy (non-hydrogen) atoms. The van der Waals surface area contributed by atoms with Crippen molar-refractivity contribution in [3.05, 3.63) is 0 Å². The molecular formula is C11H22O3. The number of carbonyl (C=O) groups excluding carboxylic acids is 1. The molecule has 3 heteroatoms. The zero-order valence-corrected chi connectivity index (χ0v) is 9.13. The van der Waals surface area contributed by atoms with Gasteiger partial charge in [0, 0.05) is 13.0 Å². The summed E-state index contributed by atoms with van der Waals surface area (Å²) in [5.41, 5.74) is 0. The summed E-state index contributed by atoms with van der Waals surface area (Å²) in [6, 6.07) is 0. The maximum Gasteiger partial charge on any atom is 0.305 e. The van der Waals surface area contributed by atoms with Gasteiger partial charge in [-0.3, -0.25) is 4.79 Å². The standard InChI is InChI=1S/C11H22O3/c1-2-14-11(13)9-7-5-3-4-6-8-10-12/h12H,2-10H2,1H3. The lowest BCUT2D eigenvalue weighted by molar-refractivity contribution is -0.143. The molecule has 0 saturated heterocycles. The van der Waals surface area contributed by atoms with Gasteiger partial charge in [0.05, 0.1) is 6.61 Å². The maximum absolute atomic E-state index is 10.9. The van der Waals surface area contributed by atoms with E-state index in [9.17, 15) is 4.79 Å². The highest BCUT2D eigenvalue weighted by Crippen LogP contribution is 2.07. The van der Waals surface area contributed by atoms with Crippen LogP contribution in [-0.2, 0) is 9.53 Å². The Kier molecular flexibility index (Phi) is 10.1. The Bertz CT molecular complexity index is 134. The van der Waals surface area contributed by atoms with Gasteiger partial charge in [-0.2, -0.15) is 0 Å². The van der Waals surface area contributed by atoms with Crippen LogP contribution in [0, 0.1) is 0 Å². The first-order valence-corrected chi connectivity index (χ1v) is 5.57. The van der Waals surface area contributed by atoms with Crippen molar-refractivity contribution >= 4 is 5.97 Å². The Labute approximate surface area is 86.5 Å². The highest BCUT2D eigenvalue weighted by Gasteiger charge is 2.00. The van der Waals surface area contributed by atoms with E-state index < -0.39 is 0 Å². The summed E-state index contributed by atoms with van der Waals surface area (Å²) in [4.78, 5) is 10.9. The fraction of sp³-hybridized carbons (Fsp3) is 0.909. The van der Waals surface area contributed by atoms with Crippen LogP contribution in [0.25, 0.3) is 0 Å². The second-order valence-electron chi connectivity index (χ2n) is 3.40. The molecule has 0 spiro atoms. The second-order valence-corrected chi connectivity index (χ2v) is 3.40. The molecule has 0 aliphatic carbocycles. The average Bonchev–Trinajstić information content (AvgIpc) is 2.17. The lowest BCUT2D eigenvalue weighted by Gasteiger charge is -2.01. The first kappa shape index (κ1) is 13.4. The molecule has 84 valence electrons. The summed E-state index contributed by atoms with van der Waals surface area (Å²) in [5, 5.41) is 8.54. The van der Waals surface area contributed by atoms with Gasteiger partial charge in [0.15, 0.2) is 0 Å². The maximum atomic E-state index is 10.9. The highest BCUT2D eigenvalue weighted by molar-refractivity contribution is 5.69. The summed E-state index contributed by atoms with van der Waals surface area (Å²) in [6.45, 7) is 2.60. The third-order valence-corrected chi connectivity index (χ3v) is 2.09. The first-order chi connectivity index (χ1) is 6.81. The number of esters is 1. The quantitative estimate of drug-likeness (QED) is 0.461. The van der Waals surface area contributed by atoms with Gasteiger partial charge in [0.2, 0.25) is 0 Å². The zero-order chi connectivity index (χ0) is 10.6. The normalized spacial score (nSPS) is 10.1. The van der Waals surface area contributed by atoms with Gasteiger partial charge >= 0.3 is 5.97 Å². The van der Waals surface area contributed by atoms with Crippen LogP contribution < -0.4 is 0 Å². The number of unbranched alkanes of at least 4 members (excludes halogenated alkanes) is 5. The number of aliphatic hydroxyl groups is 1. The fourth-order valence-electron chi connectivity index (χ4n) is 1.32. The molecule has 0 aromatic heterocycles. The van der Waals surface area contributed by atoms with Crippen LogP contribution in [0.5, 0.6) is 0 Å². The lowest BCUT2D eigenvalue weighted by Crippen LogP contribution is -2.03. The van der Waals surface area contributed by atoms with E-state index in [2.05, 4.69) is 0 Å². The van der Waals surface area contributed by atoms with E-state index in [0.717, 1.165) is 38.5 Å². The molecule has 0 unspecified atom stereocenters. The van der Waals surface area contributed by atoms with Crippen LogP contribution in [0.15, 0.2) is 0 Å². The Balaban J connectivity index is 3.01. The van der Waals surface area contributed by atoms with Crippen LogP contribution in [0.4, 0.5) is 0 Å². The fourth-order valence-corrected chi connectivity index (χ4v) is 1.32. The largest absolute Gasteiger partial charge is 0.466 e. The minimum atomic E-state index is -0.0807. The molecule has 0 bridgehead atoms. The predicted octanol–water partition coefficient (Wildman–Crippen LogP) is 2.27. The molecule has 3 nitrogen and oxygen atoms in total. The number of carbonyl (C=O) groups is 1. The molecular weight excluding hydrogens is 180 g/mol. The summed E-state index contributed by atoms with van der Waals surface area (Å²) in [6.07, 6.45) is 6.87. The first-order valence-electron chi connectivity index (χ1n) is 5.57. The number of rotatable bonds is 9. The molecule has 0 amide bonds. The van der Waals surface area contributed by atoms with E-state index in [1.54, 1.807) is 0 Å². The van der Waals surface area contributed by atoms with E-state index in [4.69, 9.17) is 9.84 Å². The number of aliphatic hydroxyl groups excluding tert-OH is 1. The van der Waals surface area contributed by atoms with Gasteiger partial charge in [-0.1, -0.05) is 25.7 Å². The van der Waals surface area contributed by atoms with E-state index in [1.807, 2.05) is 6.92 Å². The minimum absolute atomic E-state index is 0.0807. The third kappa shape index (κ3) is 9.52. The van der Waals surface area contributed by atoms with E-state index in [-0.39, 0.29) is 5.97 Å². The van der Waals surface area contributed by atoms with E-state index >= 15 is 0 Å². The van der Waals surface area contributed by atoms with Gasteiger partial charge in [0.1, 0.15) is 0 Å². The molecule has 0 aromatic carbocycles. The highest BCUT2D eigenvalue weighted by atomic mass is 16.5. The monoisotopic (exact) mass is 202 g/mol. The Morgan fingerprint density at radius 2 is 1.64 bits per heavy atom. The number of ether oxygens (including phenoxy) is 1. The molecule has 0 rings (SSSR count). The average molecular weight is 202 g/mol. The smallest absolute Gasteiger partial charge is 0.305 e. The minimum Gasteiger partial charge on any atom is -0.466 e. The van der Waals surface area contributed by atoms with Crippen molar-refractivity contribution in [3.8, 4) is 0 Å². The SMILES string of the molecule is CCOC(=O)CCCCCCCCO. The van der Waals surface area contributed by atoms with Gasteiger partial charge in [-0.05, 0) is 19.8 Å². The summed E-state index contributed by atoms with van der Waals surface area (Å²) in [7, 11) is 0. The van der Waals surface area contributed by atoms with E-state index in [0.29, 0.717) is 19.6 Å². The summed E-state index contributed by atoms with van der Waals surface area (Å²) in [5.74, 6) is -0.0807. The van der Waals surface area contributed by atoms with Crippen molar-refractivity contribution in [2.75, 3.05) is 13.2 Å². The van der Waals surface area contributed by atoms with Crippen LogP contribution >= 0.6 is 0 Å². The van der Waals surface area contributed by atoms with Gasteiger partial charge in [0.25, 0.3) is 0 Å². The van der Waals surface area contributed by atoms with Crippen molar-refractivity contribution in [1.82, 2.24) is 0 Å². The number of hydrogen-bond donors (Lipinski definition) is 1.